The first-order chi connectivity index (χ1) is 17.9. The van der Waals surface area contributed by atoms with Gasteiger partial charge in [-0.3, -0.25) is 4.90 Å². The van der Waals surface area contributed by atoms with Crippen LogP contribution in [0.2, 0.25) is 5.02 Å². The molecule has 0 fully saturated rings. The molecule has 0 aliphatic rings. The Morgan fingerprint density at radius 1 is 1.03 bits per heavy atom. The van der Waals surface area contributed by atoms with E-state index in [0.717, 1.165) is 17.9 Å². The third-order valence-electron chi connectivity index (χ3n) is 6.06. The number of benzene rings is 3. The molecule has 0 aliphatic carbocycles. The van der Waals surface area contributed by atoms with Crippen LogP contribution in [0.3, 0.4) is 0 Å². The summed E-state index contributed by atoms with van der Waals surface area (Å²) in [4.78, 5) is 2.03. The SMILES string of the molecule is CC(O)c1ccc(OCCCN(CCc2ccccc2)Cc2cccc(C(F)(F)F)c2Cl)cc1S(C)(=O)=O. The molecule has 206 valence electrons. The highest BCUT2D eigenvalue weighted by Gasteiger charge is 2.34. The Kier molecular flexibility index (Phi) is 10.2. The molecule has 0 heterocycles. The number of hydrogen-bond acceptors (Lipinski definition) is 5. The average Bonchev–Trinajstić information content (AvgIpc) is 2.85. The first-order valence-electron chi connectivity index (χ1n) is 12.1. The molecule has 1 N–H and O–H groups in total. The van der Waals surface area contributed by atoms with Crippen molar-refractivity contribution in [2.45, 2.75) is 43.5 Å². The van der Waals surface area contributed by atoms with Gasteiger partial charge in [-0.25, -0.2) is 8.42 Å². The van der Waals surface area contributed by atoms with Gasteiger partial charge in [-0.2, -0.15) is 13.2 Å². The third-order valence-corrected chi connectivity index (χ3v) is 7.66. The van der Waals surface area contributed by atoms with Crippen LogP contribution in [0.5, 0.6) is 5.75 Å². The Hall–Kier alpha value is -2.59. The average molecular weight is 570 g/mol. The van der Waals surface area contributed by atoms with E-state index >= 15 is 0 Å². The van der Waals surface area contributed by atoms with Crippen LogP contribution in [-0.4, -0.2) is 44.4 Å². The van der Waals surface area contributed by atoms with Crippen molar-refractivity contribution in [3.05, 3.63) is 94.0 Å². The summed E-state index contributed by atoms with van der Waals surface area (Å²) in [6.07, 6.45) is -3.17. The van der Waals surface area contributed by atoms with Gasteiger partial charge in [-0.1, -0.05) is 60.1 Å². The Labute approximate surface area is 226 Å². The normalized spacial score (nSPS) is 13.1. The van der Waals surface area contributed by atoms with Crippen LogP contribution in [0.15, 0.2) is 71.6 Å². The van der Waals surface area contributed by atoms with Crippen molar-refractivity contribution in [2.75, 3.05) is 26.0 Å². The van der Waals surface area contributed by atoms with Gasteiger partial charge in [0, 0.05) is 25.9 Å². The Balaban J connectivity index is 1.69. The van der Waals surface area contributed by atoms with E-state index in [1.165, 1.54) is 25.1 Å². The second kappa shape index (κ2) is 13.0. The van der Waals surface area contributed by atoms with Crippen molar-refractivity contribution in [3.8, 4) is 5.75 Å². The van der Waals surface area contributed by atoms with Crippen molar-refractivity contribution in [3.63, 3.8) is 0 Å². The van der Waals surface area contributed by atoms with E-state index in [4.69, 9.17) is 16.3 Å². The summed E-state index contributed by atoms with van der Waals surface area (Å²) >= 11 is 6.14. The summed E-state index contributed by atoms with van der Waals surface area (Å²) in [5.41, 5.74) is 0.938. The smallest absolute Gasteiger partial charge is 0.417 e. The van der Waals surface area contributed by atoms with Gasteiger partial charge < -0.3 is 9.84 Å². The predicted octanol–water partition coefficient (Wildman–Crippen LogP) is 6.33. The minimum Gasteiger partial charge on any atom is -0.494 e. The lowest BCUT2D eigenvalue weighted by Gasteiger charge is -2.24. The molecule has 0 spiro atoms. The fourth-order valence-electron chi connectivity index (χ4n) is 4.11. The van der Waals surface area contributed by atoms with E-state index in [9.17, 15) is 26.7 Å². The van der Waals surface area contributed by atoms with Crippen LogP contribution < -0.4 is 4.74 Å². The number of nitrogens with zero attached hydrogens (tertiary/aromatic N) is 1. The lowest BCUT2D eigenvalue weighted by atomic mass is 10.1. The molecule has 3 aromatic rings. The van der Waals surface area contributed by atoms with Crippen LogP contribution >= 0.6 is 11.6 Å². The predicted molar refractivity (Wildman–Crippen MR) is 142 cm³/mol. The van der Waals surface area contributed by atoms with Gasteiger partial charge >= 0.3 is 6.18 Å². The highest BCUT2D eigenvalue weighted by atomic mass is 35.5. The summed E-state index contributed by atoms with van der Waals surface area (Å²) in [6.45, 7) is 3.10. The van der Waals surface area contributed by atoms with Crippen molar-refractivity contribution in [2.24, 2.45) is 0 Å². The fraction of sp³-hybridized carbons (Fsp3) is 0.357. The van der Waals surface area contributed by atoms with Gasteiger partial charge in [0.05, 0.1) is 28.2 Å². The molecule has 0 saturated carbocycles. The maximum absolute atomic E-state index is 13.4. The molecule has 0 amide bonds. The second-order valence-corrected chi connectivity index (χ2v) is 11.5. The van der Waals surface area contributed by atoms with E-state index in [1.54, 1.807) is 12.1 Å². The number of alkyl halides is 3. The number of aliphatic hydroxyl groups is 1. The van der Waals surface area contributed by atoms with Gasteiger partial charge in [-0.05, 0) is 54.7 Å². The molecular formula is C28H31ClF3NO4S. The van der Waals surface area contributed by atoms with Crippen molar-refractivity contribution in [1.29, 1.82) is 0 Å². The molecule has 10 heteroatoms. The molecule has 1 unspecified atom stereocenters. The van der Waals surface area contributed by atoms with E-state index in [1.807, 2.05) is 35.2 Å². The summed E-state index contributed by atoms with van der Waals surface area (Å²) in [5.74, 6) is 0.353. The minimum atomic E-state index is -4.54. The van der Waals surface area contributed by atoms with Crippen LogP contribution in [0.25, 0.3) is 0 Å². The zero-order valence-corrected chi connectivity index (χ0v) is 22.8. The molecule has 3 rings (SSSR count). The standard InChI is InChI=1S/C28H31ClF3NO4S/c1-20(34)24-13-12-23(18-26(24)38(2,35)36)37-17-7-15-33(16-14-21-8-4-3-5-9-21)19-22-10-6-11-25(27(22)29)28(30,31)32/h3-6,8-13,18,20,34H,7,14-17,19H2,1-2H3. The molecule has 0 radical (unpaired) electrons. The van der Waals surface area contributed by atoms with E-state index < -0.39 is 27.7 Å². The number of halogens is 4. The molecule has 3 aromatic carbocycles. The minimum absolute atomic E-state index is 0.00803. The van der Waals surface area contributed by atoms with Crippen LogP contribution in [0.4, 0.5) is 13.2 Å². The van der Waals surface area contributed by atoms with E-state index in [0.29, 0.717) is 42.8 Å². The molecule has 0 saturated heterocycles. The molecule has 38 heavy (non-hydrogen) atoms. The van der Waals surface area contributed by atoms with Gasteiger partial charge in [0.15, 0.2) is 9.84 Å². The van der Waals surface area contributed by atoms with Gasteiger partial charge in [0.1, 0.15) is 5.75 Å². The van der Waals surface area contributed by atoms with Gasteiger partial charge in [0.2, 0.25) is 0 Å². The maximum Gasteiger partial charge on any atom is 0.417 e. The van der Waals surface area contributed by atoms with Crippen LogP contribution in [-0.2, 0) is 29.0 Å². The van der Waals surface area contributed by atoms with Gasteiger partial charge in [0.25, 0.3) is 0 Å². The fourth-order valence-corrected chi connectivity index (χ4v) is 5.40. The van der Waals surface area contributed by atoms with Gasteiger partial charge in [-0.15, -0.1) is 0 Å². The molecule has 1 atom stereocenters. The lowest BCUT2D eigenvalue weighted by Crippen LogP contribution is -2.28. The summed E-state index contributed by atoms with van der Waals surface area (Å²) < 4.78 is 70.1. The Morgan fingerprint density at radius 3 is 2.37 bits per heavy atom. The first-order valence-corrected chi connectivity index (χ1v) is 14.4. The largest absolute Gasteiger partial charge is 0.494 e. The van der Waals surface area contributed by atoms with Crippen molar-refractivity contribution in [1.82, 2.24) is 4.90 Å². The highest BCUT2D eigenvalue weighted by molar-refractivity contribution is 7.90. The topological polar surface area (TPSA) is 66.8 Å². The monoisotopic (exact) mass is 569 g/mol. The number of ether oxygens (including phenoxy) is 1. The zero-order chi connectivity index (χ0) is 27.9. The number of hydrogen-bond donors (Lipinski definition) is 1. The highest BCUT2D eigenvalue weighted by Crippen LogP contribution is 2.36. The maximum atomic E-state index is 13.4. The Bertz CT molecular complexity index is 1320. The van der Waals surface area contributed by atoms with Crippen molar-refractivity contribution < 1.29 is 31.4 Å². The second-order valence-electron chi connectivity index (χ2n) is 9.14. The summed E-state index contributed by atoms with van der Waals surface area (Å²) in [7, 11) is -3.57. The van der Waals surface area contributed by atoms with Crippen LogP contribution in [0, 0.1) is 0 Å². The number of aliphatic hydroxyl groups excluding tert-OH is 1. The Morgan fingerprint density at radius 2 is 1.74 bits per heavy atom. The molecule has 5 nitrogen and oxygen atoms in total. The summed E-state index contributed by atoms with van der Waals surface area (Å²) in [6, 6.07) is 18.2. The lowest BCUT2D eigenvalue weighted by molar-refractivity contribution is -0.137. The molecule has 0 aliphatic heterocycles. The molecule has 0 bridgehead atoms. The third kappa shape index (κ3) is 8.46. The molecule has 0 aromatic heterocycles. The van der Waals surface area contributed by atoms with E-state index in [2.05, 4.69) is 0 Å². The van der Waals surface area contributed by atoms with Crippen molar-refractivity contribution >= 4 is 21.4 Å². The zero-order valence-electron chi connectivity index (χ0n) is 21.2. The number of rotatable bonds is 12. The first kappa shape index (κ1) is 30.0. The molecular weight excluding hydrogens is 539 g/mol. The van der Waals surface area contributed by atoms with Crippen LogP contribution in [0.1, 0.15) is 41.7 Å². The quantitative estimate of drug-likeness (QED) is 0.258. The summed E-state index contributed by atoms with van der Waals surface area (Å²) in [5, 5.41) is 9.59. The van der Waals surface area contributed by atoms with E-state index in [-0.39, 0.29) is 23.1 Å². The number of sulfone groups is 1.